The van der Waals surface area contributed by atoms with Crippen molar-refractivity contribution in [1.82, 2.24) is 20.1 Å². The number of β-amino-alcohol motifs (C(OH)–C–C–N with tert-alkyl or cyclic N) is 1. The Morgan fingerprint density at radius 2 is 2.09 bits per heavy atom. The minimum Gasteiger partial charge on any atom is -0.391 e. The lowest BCUT2D eigenvalue weighted by atomic mass is 9.96. The number of rotatable bonds is 2. The summed E-state index contributed by atoms with van der Waals surface area (Å²) in [5.41, 5.74) is -0.134. The molecular formula is C15H21N5O2. The molecule has 0 unspecified atom stereocenters. The fourth-order valence-corrected chi connectivity index (χ4v) is 2.62. The van der Waals surface area contributed by atoms with E-state index in [4.69, 9.17) is 4.52 Å². The van der Waals surface area contributed by atoms with Gasteiger partial charge in [0.05, 0.1) is 6.10 Å². The number of aromatic nitrogens is 4. The molecule has 2 aromatic heterocycles. The van der Waals surface area contributed by atoms with E-state index < -0.39 is 6.10 Å². The molecule has 0 saturated carbocycles. The Bertz CT molecular complexity index is 664. The Balaban J connectivity index is 1.95. The van der Waals surface area contributed by atoms with Crippen LogP contribution in [0.1, 0.15) is 50.8 Å². The summed E-state index contributed by atoms with van der Waals surface area (Å²) in [5.74, 6) is 2.66. The predicted octanol–water partition coefficient (Wildman–Crippen LogP) is 1.78. The molecule has 2 atom stereocenters. The van der Waals surface area contributed by atoms with Crippen molar-refractivity contribution in [3.63, 3.8) is 0 Å². The van der Waals surface area contributed by atoms with E-state index in [0.717, 1.165) is 11.6 Å². The van der Waals surface area contributed by atoms with Gasteiger partial charge in [-0.05, 0) is 13.0 Å². The molecule has 22 heavy (non-hydrogen) atoms. The standard InChI is InChI=1S/C15H21N5O2/c1-9-17-13(22-19-9)11-7-10(21)8-20(11)12-5-6-16-14(18-12)15(2,3)4/h5-6,10-11,21H,7-8H2,1-4H3/t10-,11-/m1/s1. The average Bonchev–Trinajstić information content (AvgIpc) is 3.04. The van der Waals surface area contributed by atoms with Crippen LogP contribution in [-0.4, -0.2) is 37.9 Å². The largest absolute Gasteiger partial charge is 0.391 e. The Morgan fingerprint density at radius 3 is 2.73 bits per heavy atom. The molecule has 0 aromatic carbocycles. The van der Waals surface area contributed by atoms with Gasteiger partial charge in [-0.3, -0.25) is 0 Å². The van der Waals surface area contributed by atoms with Crippen molar-refractivity contribution in [1.29, 1.82) is 0 Å². The number of aryl methyl sites for hydroxylation is 1. The van der Waals surface area contributed by atoms with E-state index in [1.807, 2.05) is 11.0 Å². The normalized spacial score (nSPS) is 22.3. The van der Waals surface area contributed by atoms with Crippen LogP contribution >= 0.6 is 0 Å². The highest BCUT2D eigenvalue weighted by Gasteiger charge is 2.37. The van der Waals surface area contributed by atoms with Crippen molar-refractivity contribution in [3.8, 4) is 0 Å². The second-order valence-electron chi connectivity index (χ2n) is 6.73. The zero-order valence-corrected chi connectivity index (χ0v) is 13.3. The number of hydrogen-bond acceptors (Lipinski definition) is 7. The van der Waals surface area contributed by atoms with E-state index in [1.54, 1.807) is 13.1 Å². The van der Waals surface area contributed by atoms with E-state index in [-0.39, 0.29) is 11.5 Å². The van der Waals surface area contributed by atoms with Crippen LogP contribution in [0.2, 0.25) is 0 Å². The monoisotopic (exact) mass is 303 g/mol. The van der Waals surface area contributed by atoms with Crippen molar-refractivity contribution in [2.75, 3.05) is 11.4 Å². The molecule has 1 aliphatic rings. The minimum atomic E-state index is -0.440. The van der Waals surface area contributed by atoms with Gasteiger partial charge in [0.2, 0.25) is 5.89 Å². The molecule has 1 aliphatic heterocycles. The molecule has 118 valence electrons. The van der Waals surface area contributed by atoms with Crippen molar-refractivity contribution >= 4 is 5.82 Å². The van der Waals surface area contributed by atoms with Crippen LogP contribution in [0.5, 0.6) is 0 Å². The molecule has 3 heterocycles. The lowest BCUT2D eigenvalue weighted by Gasteiger charge is -2.24. The highest BCUT2D eigenvalue weighted by Crippen LogP contribution is 2.35. The first kappa shape index (κ1) is 14.9. The van der Waals surface area contributed by atoms with Crippen LogP contribution in [0.4, 0.5) is 5.82 Å². The Morgan fingerprint density at radius 1 is 1.32 bits per heavy atom. The predicted molar refractivity (Wildman–Crippen MR) is 80.5 cm³/mol. The van der Waals surface area contributed by atoms with Crippen LogP contribution in [0.15, 0.2) is 16.8 Å². The molecule has 0 amide bonds. The van der Waals surface area contributed by atoms with Gasteiger partial charge in [-0.2, -0.15) is 4.98 Å². The summed E-state index contributed by atoms with van der Waals surface area (Å²) in [7, 11) is 0. The molecular weight excluding hydrogens is 282 g/mol. The van der Waals surface area contributed by atoms with Crippen LogP contribution in [0.3, 0.4) is 0 Å². The van der Waals surface area contributed by atoms with Crippen LogP contribution in [0, 0.1) is 6.92 Å². The molecule has 1 N–H and O–H groups in total. The number of anilines is 1. The third-order valence-electron chi connectivity index (χ3n) is 3.71. The van der Waals surface area contributed by atoms with E-state index in [2.05, 4.69) is 40.9 Å². The van der Waals surface area contributed by atoms with Gasteiger partial charge in [0.25, 0.3) is 0 Å². The minimum absolute atomic E-state index is 0.134. The fraction of sp³-hybridized carbons (Fsp3) is 0.600. The van der Waals surface area contributed by atoms with Crippen molar-refractivity contribution < 1.29 is 9.63 Å². The summed E-state index contributed by atoms with van der Waals surface area (Å²) in [6.07, 6.45) is 1.87. The molecule has 3 rings (SSSR count). The summed E-state index contributed by atoms with van der Waals surface area (Å²) in [6.45, 7) is 8.50. The van der Waals surface area contributed by atoms with Crippen molar-refractivity contribution in [2.24, 2.45) is 0 Å². The van der Waals surface area contributed by atoms with Crippen LogP contribution in [-0.2, 0) is 5.41 Å². The quantitative estimate of drug-likeness (QED) is 0.904. The topological polar surface area (TPSA) is 88.2 Å². The molecule has 1 fully saturated rings. The van der Waals surface area contributed by atoms with Crippen LogP contribution < -0.4 is 4.90 Å². The summed E-state index contributed by atoms with van der Waals surface area (Å²) in [4.78, 5) is 15.3. The second-order valence-corrected chi connectivity index (χ2v) is 6.73. The van der Waals surface area contributed by atoms with Gasteiger partial charge >= 0.3 is 0 Å². The third kappa shape index (κ3) is 2.81. The maximum absolute atomic E-state index is 10.1. The van der Waals surface area contributed by atoms with Gasteiger partial charge in [0.15, 0.2) is 5.82 Å². The fourth-order valence-electron chi connectivity index (χ4n) is 2.62. The molecule has 0 spiro atoms. The van der Waals surface area contributed by atoms with E-state index in [1.165, 1.54) is 0 Å². The zero-order valence-electron chi connectivity index (χ0n) is 13.3. The third-order valence-corrected chi connectivity index (χ3v) is 3.71. The van der Waals surface area contributed by atoms with Crippen molar-refractivity contribution in [3.05, 3.63) is 29.8 Å². The number of hydrogen-bond donors (Lipinski definition) is 1. The first-order valence-corrected chi connectivity index (χ1v) is 7.43. The smallest absolute Gasteiger partial charge is 0.249 e. The Kier molecular flexibility index (Phi) is 3.60. The summed E-state index contributed by atoms with van der Waals surface area (Å²) >= 11 is 0. The molecule has 0 radical (unpaired) electrons. The molecule has 0 bridgehead atoms. The first-order valence-electron chi connectivity index (χ1n) is 7.43. The van der Waals surface area contributed by atoms with Gasteiger partial charge in [-0.25, -0.2) is 9.97 Å². The maximum Gasteiger partial charge on any atom is 0.249 e. The van der Waals surface area contributed by atoms with Gasteiger partial charge in [-0.1, -0.05) is 25.9 Å². The van der Waals surface area contributed by atoms with Crippen LogP contribution in [0.25, 0.3) is 0 Å². The van der Waals surface area contributed by atoms with Gasteiger partial charge in [-0.15, -0.1) is 0 Å². The lowest BCUT2D eigenvalue weighted by molar-refractivity contribution is 0.191. The second kappa shape index (κ2) is 5.31. The lowest BCUT2D eigenvalue weighted by Crippen LogP contribution is -2.27. The van der Waals surface area contributed by atoms with E-state index in [9.17, 15) is 5.11 Å². The summed E-state index contributed by atoms with van der Waals surface area (Å²) < 4.78 is 5.29. The molecule has 0 aliphatic carbocycles. The summed E-state index contributed by atoms with van der Waals surface area (Å²) in [6, 6.07) is 1.70. The van der Waals surface area contributed by atoms with E-state index >= 15 is 0 Å². The number of aliphatic hydroxyl groups excluding tert-OH is 1. The van der Waals surface area contributed by atoms with Crippen molar-refractivity contribution in [2.45, 2.75) is 51.7 Å². The average molecular weight is 303 g/mol. The SMILES string of the molecule is Cc1noc([C@H]2C[C@@H](O)CN2c2ccnc(C(C)(C)C)n2)n1. The van der Waals surface area contributed by atoms with Gasteiger partial charge in [0, 0.05) is 24.6 Å². The molecule has 2 aromatic rings. The Hall–Kier alpha value is -2.02. The number of nitrogens with zero attached hydrogens (tertiary/aromatic N) is 5. The van der Waals surface area contributed by atoms with E-state index in [0.29, 0.717) is 24.7 Å². The zero-order chi connectivity index (χ0) is 15.9. The van der Waals surface area contributed by atoms with Gasteiger partial charge in [0.1, 0.15) is 17.7 Å². The Labute approximate surface area is 129 Å². The first-order chi connectivity index (χ1) is 10.3. The number of aliphatic hydroxyl groups is 1. The molecule has 7 nitrogen and oxygen atoms in total. The maximum atomic E-state index is 10.1. The summed E-state index contributed by atoms with van der Waals surface area (Å²) in [5, 5.41) is 13.9. The highest BCUT2D eigenvalue weighted by atomic mass is 16.5. The highest BCUT2D eigenvalue weighted by molar-refractivity contribution is 5.42. The van der Waals surface area contributed by atoms with Gasteiger partial charge < -0.3 is 14.5 Å². The molecule has 7 heteroatoms. The molecule has 1 saturated heterocycles.